The lowest BCUT2D eigenvalue weighted by Crippen LogP contribution is -2.39. The highest BCUT2D eigenvalue weighted by molar-refractivity contribution is 5.94. The quantitative estimate of drug-likeness (QED) is 0.372. The van der Waals surface area contributed by atoms with E-state index in [0.29, 0.717) is 19.6 Å². The SMILES string of the molecule is CN=C(NCCCC1CCCC1)NCCOc1ccc2c(c1)CCC(=O)N2. The molecule has 3 rings (SSSR count). The molecule has 6 heteroatoms. The van der Waals surface area contributed by atoms with E-state index in [1.807, 2.05) is 18.2 Å². The Kier molecular flexibility index (Phi) is 7.36. The normalized spacial score (nSPS) is 17.4. The van der Waals surface area contributed by atoms with Crippen LogP contribution in [0.25, 0.3) is 0 Å². The van der Waals surface area contributed by atoms with E-state index >= 15 is 0 Å². The maximum atomic E-state index is 11.4. The number of guanidine groups is 1. The maximum absolute atomic E-state index is 11.4. The van der Waals surface area contributed by atoms with Gasteiger partial charge in [0.25, 0.3) is 0 Å². The summed E-state index contributed by atoms with van der Waals surface area (Å²) in [7, 11) is 1.80. The molecule has 1 aliphatic heterocycles. The largest absolute Gasteiger partial charge is 0.492 e. The molecule has 0 spiro atoms. The van der Waals surface area contributed by atoms with Crippen molar-refractivity contribution in [1.29, 1.82) is 0 Å². The van der Waals surface area contributed by atoms with Gasteiger partial charge in [-0.2, -0.15) is 0 Å². The van der Waals surface area contributed by atoms with Crippen molar-refractivity contribution in [1.82, 2.24) is 10.6 Å². The number of ether oxygens (including phenoxy) is 1. The summed E-state index contributed by atoms with van der Waals surface area (Å²) in [5, 5.41) is 9.56. The van der Waals surface area contributed by atoms with Crippen LogP contribution in [0.4, 0.5) is 5.69 Å². The van der Waals surface area contributed by atoms with Crippen LogP contribution in [0.5, 0.6) is 5.75 Å². The Balaban J connectivity index is 1.31. The van der Waals surface area contributed by atoms with Crippen molar-refractivity contribution in [2.45, 2.75) is 51.4 Å². The summed E-state index contributed by atoms with van der Waals surface area (Å²) in [5.74, 6) is 2.70. The van der Waals surface area contributed by atoms with Gasteiger partial charge in [0.15, 0.2) is 5.96 Å². The van der Waals surface area contributed by atoms with Crippen molar-refractivity contribution in [3.63, 3.8) is 0 Å². The average Bonchev–Trinajstić information content (AvgIpc) is 3.20. The molecule has 1 fully saturated rings. The fourth-order valence-electron chi connectivity index (χ4n) is 3.91. The van der Waals surface area contributed by atoms with Crippen LogP contribution in [0, 0.1) is 5.92 Å². The molecular formula is C21H32N4O2. The van der Waals surface area contributed by atoms with E-state index in [1.165, 1.54) is 38.5 Å². The van der Waals surface area contributed by atoms with Crippen molar-refractivity contribution >= 4 is 17.6 Å². The number of hydrogen-bond acceptors (Lipinski definition) is 3. The van der Waals surface area contributed by atoms with Crippen LogP contribution in [0.15, 0.2) is 23.2 Å². The molecule has 1 aliphatic carbocycles. The van der Waals surface area contributed by atoms with E-state index in [-0.39, 0.29) is 5.91 Å². The van der Waals surface area contributed by atoms with Crippen LogP contribution in [0.2, 0.25) is 0 Å². The van der Waals surface area contributed by atoms with Gasteiger partial charge in [-0.25, -0.2) is 0 Å². The number of carbonyl (C=O) groups is 1. The van der Waals surface area contributed by atoms with Gasteiger partial charge < -0.3 is 20.7 Å². The molecule has 2 aliphatic rings. The van der Waals surface area contributed by atoms with Gasteiger partial charge in [0.1, 0.15) is 12.4 Å². The minimum atomic E-state index is 0.0856. The third kappa shape index (κ3) is 6.15. The molecule has 1 aromatic carbocycles. The summed E-state index contributed by atoms with van der Waals surface area (Å²) in [5.41, 5.74) is 2.04. The zero-order chi connectivity index (χ0) is 18.9. The van der Waals surface area contributed by atoms with Crippen LogP contribution in [-0.2, 0) is 11.2 Å². The van der Waals surface area contributed by atoms with Crippen LogP contribution in [0.3, 0.4) is 0 Å². The second-order valence-electron chi connectivity index (χ2n) is 7.43. The minimum Gasteiger partial charge on any atom is -0.492 e. The summed E-state index contributed by atoms with van der Waals surface area (Å²) >= 11 is 0. The predicted octanol–water partition coefficient (Wildman–Crippen LogP) is 3.09. The van der Waals surface area contributed by atoms with Crippen LogP contribution < -0.4 is 20.7 Å². The third-order valence-corrected chi connectivity index (χ3v) is 5.42. The lowest BCUT2D eigenvalue weighted by atomic mass is 10.0. The fraction of sp³-hybridized carbons (Fsp3) is 0.619. The summed E-state index contributed by atoms with van der Waals surface area (Å²) in [6.07, 6.45) is 9.51. The third-order valence-electron chi connectivity index (χ3n) is 5.42. The van der Waals surface area contributed by atoms with Gasteiger partial charge >= 0.3 is 0 Å². The van der Waals surface area contributed by atoms with Crippen molar-refractivity contribution in [3.8, 4) is 5.75 Å². The zero-order valence-electron chi connectivity index (χ0n) is 16.4. The summed E-state index contributed by atoms with van der Waals surface area (Å²) < 4.78 is 5.83. The highest BCUT2D eigenvalue weighted by Crippen LogP contribution is 2.28. The number of carbonyl (C=O) groups excluding carboxylic acids is 1. The summed E-state index contributed by atoms with van der Waals surface area (Å²) in [6.45, 7) is 2.22. The number of nitrogens with one attached hydrogen (secondary N) is 3. The molecule has 1 heterocycles. The number of aliphatic imine (C=N–C) groups is 1. The van der Waals surface area contributed by atoms with E-state index in [2.05, 4.69) is 20.9 Å². The molecular weight excluding hydrogens is 340 g/mol. The van der Waals surface area contributed by atoms with Crippen LogP contribution >= 0.6 is 0 Å². The Labute approximate surface area is 162 Å². The summed E-state index contributed by atoms with van der Waals surface area (Å²) in [4.78, 5) is 15.7. The number of amides is 1. The summed E-state index contributed by atoms with van der Waals surface area (Å²) in [6, 6.07) is 5.84. The van der Waals surface area contributed by atoms with Crippen molar-refractivity contribution in [3.05, 3.63) is 23.8 Å². The molecule has 1 saturated carbocycles. The van der Waals surface area contributed by atoms with Gasteiger partial charge in [-0.15, -0.1) is 0 Å². The highest BCUT2D eigenvalue weighted by Gasteiger charge is 2.15. The number of hydrogen-bond donors (Lipinski definition) is 3. The van der Waals surface area contributed by atoms with Gasteiger partial charge in [-0.1, -0.05) is 25.7 Å². The van der Waals surface area contributed by atoms with Gasteiger partial charge in [0.2, 0.25) is 5.91 Å². The maximum Gasteiger partial charge on any atom is 0.224 e. The molecule has 0 unspecified atom stereocenters. The zero-order valence-corrected chi connectivity index (χ0v) is 16.4. The second-order valence-corrected chi connectivity index (χ2v) is 7.43. The van der Waals surface area contributed by atoms with E-state index in [0.717, 1.165) is 41.8 Å². The molecule has 6 nitrogen and oxygen atoms in total. The minimum absolute atomic E-state index is 0.0856. The van der Waals surface area contributed by atoms with Gasteiger partial charge in [-0.3, -0.25) is 9.79 Å². The lowest BCUT2D eigenvalue weighted by molar-refractivity contribution is -0.116. The molecule has 0 aromatic heterocycles. The van der Waals surface area contributed by atoms with E-state index in [1.54, 1.807) is 7.05 Å². The first-order valence-corrected chi connectivity index (χ1v) is 10.2. The first-order valence-electron chi connectivity index (χ1n) is 10.2. The van der Waals surface area contributed by atoms with E-state index < -0.39 is 0 Å². The highest BCUT2D eigenvalue weighted by atomic mass is 16.5. The lowest BCUT2D eigenvalue weighted by Gasteiger charge is -2.18. The molecule has 1 aromatic rings. The first kappa shape index (κ1) is 19.5. The smallest absolute Gasteiger partial charge is 0.224 e. The van der Waals surface area contributed by atoms with Crippen LogP contribution in [0.1, 0.15) is 50.5 Å². The Morgan fingerprint density at radius 2 is 2.04 bits per heavy atom. The number of nitrogens with zero attached hydrogens (tertiary/aromatic N) is 1. The number of aryl methyl sites for hydroxylation is 1. The molecule has 0 radical (unpaired) electrons. The Morgan fingerprint density at radius 3 is 2.85 bits per heavy atom. The Bertz CT molecular complexity index is 654. The molecule has 1 amide bonds. The number of benzene rings is 1. The molecule has 0 atom stereocenters. The Hall–Kier alpha value is -2.24. The molecule has 148 valence electrons. The van der Waals surface area contributed by atoms with Gasteiger partial charge in [0.05, 0.1) is 6.54 Å². The Morgan fingerprint density at radius 1 is 1.22 bits per heavy atom. The van der Waals surface area contributed by atoms with E-state index in [4.69, 9.17) is 4.74 Å². The topological polar surface area (TPSA) is 74.8 Å². The van der Waals surface area contributed by atoms with Crippen molar-refractivity contribution < 1.29 is 9.53 Å². The molecule has 3 N–H and O–H groups in total. The number of anilines is 1. The standard InChI is InChI=1S/C21H32N4O2/c1-22-21(23-12-4-7-16-5-2-3-6-16)24-13-14-27-18-9-10-19-17(15-18)8-11-20(26)25-19/h9-10,15-16H,2-8,11-14H2,1H3,(H,25,26)(H2,22,23,24). The second kappa shape index (κ2) is 10.2. The van der Waals surface area contributed by atoms with E-state index in [9.17, 15) is 4.79 Å². The predicted molar refractivity (Wildman–Crippen MR) is 109 cm³/mol. The van der Waals surface area contributed by atoms with Gasteiger partial charge in [-0.05, 0) is 48.9 Å². The van der Waals surface area contributed by atoms with Gasteiger partial charge in [0, 0.05) is 25.7 Å². The molecule has 27 heavy (non-hydrogen) atoms. The number of fused-ring (bicyclic) bond motifs is 1. The van der Waals surface area contributed by atoms with Crippen molar-refractivity contribution in [2.75, 3.05) is 32.1 Å². The molecule has 0 saturated heterocycles. The fourth-order valence-corrected chi connectivity index (χ4v) is 3.91. The average molecular weight is 373 g/mol. The van der Waals surface area contributed by atoms with Crippen LogP contribution in [-0.4, -0.2) is 38.6 Å². The first-order chi connectivity index (χ1) is 13.2. The molecule has 0 bridgehead atoms. The van der Waals surface area contributed by atoms with Crippen molar-refractivity contribution in [2.24, 2.45) is 10.9 Å². The number of rotatable bonds is 8. The monoisotopic (exact) mass is 372 g/mol.